The smallest absolute Gasteiger partial charge is 0.129 e. The van der Waals surface area contributed by atoms with E-state index in [1.54, 1.807) is 19.2 Å². The number of methoxy groups -OCH3 is 1. The maximum Gasteiger partial charge on any atom is 0.129 e. The van der Waals surface area contributed by atoms with Crippen molar-refractivity contribution < 1.29 is 9.13 Å². The molecule has 21 heavy (non-hydrogen) atoms. The average molecular weight is 308 g/mol. The third-order valence-corrected chi connectivity index (χ3v) is 3.62. The second-order valence-electron chi connectivity index (χ2n) is 4.90. The van der Waals surface area contributed by atoms with Crippen LogP contribution in [0.4, 0.5) is 4.39 Å². The van der Waals surface area contributed by atoms with Gasteiger partial charge in [-0.25, -0.2) is 4.39 Å². The Bertz CT molecular complexity index is 630. The summed E-state index contributed by atoms with van der Waals surface area (Å²) in [5.41, 5.74) is 2.57. The zero-order valence-corrected chi connectivity index (χ0v) is 13.2. The topological polar surface area (TPSA) is 21.3 Å². The standard InChI is InChI=1S/C17H19ClFNO/c1-4-20-17(13-8-6-12(18)10-15(13)19)14-7-5-11(2)9-16(14)21-3/h5-10,17,20H,4H2,1-3H3. The van der Waals surface area contributed by atoms with Gasteiger partial charge in [0.2, 0.25) is 0 Å². The van der Waals surface area contributed by atoms with Crippen LogP contribution in [-0.2, 0) is 0 Å². The van der Waals surface area contributed by atoms with Gasteiger partial charge in [0.1, 0.15) is 11.6 Å². The van der Waals surface area contributed by atoms with Gasteiger partial charge in [-0.3, -0.25) is 0 Å². The molecule has 4 heteroatoms. The highest BCUT2D eigenvalue weighted by atomic mass is 35.5. The van der Waals surface area contributed by atoms with Crippen molar-refractivity contribution in [3.8, 4) is 5.75 Å². The lowest BCUT2D eigenvalue weighted by Gasteiger charge is -2.22. The van der Waals surface area contributed by atoms with Crippen molar-refractivity contribution in [2.75, 3.05) is 13.7 Å². The first kappa shape index (κ1) is 15.8. The summed E-state index contributed by atoms with van der Waals surface area (Å²) in [4.78, 5) is 0. The van der Waals surface area contributed by atoms with E-state index in [9.17, 15) is 4.39 Å². The first-order chi connectivity index (χ1) is 10.1. The van der Waals surface area contributed by atoms with Crippen LogP contribution in [0.2, 0.25) is 5.02 Å². The van der Waals surface area contributed by atoms with Gasteiger partial charge in [-0.05, 0) is 37.2 Å². The molecule has 2 aromatic carbocycles. The average Bonchev–Trinajstić information content (AvgIpc) is 2.45. The third-order valence-electron chi connectivity index (χ3n) is 3.38. The quantitative estimate of drug-likeness (QED) is 0.878. The highest BCUT2D eigenvalue weighted by molar-refractivity contribution is 6.30. The molecule has 1 atom stereocenters. The highest BCUT2D eigenvalue weighted by Crippen LogP contribution is 2.32. The number of hydrogen-bond donors (Lipinski definition) is 1. The Kier molecular flexibility index (Phi) is 5.21. The SMILES string of the molecule is CCNC(c1ccc(Cl)cc1F)c1ccc(C)cc1OC. The number of halogens is 2. The van der Waals surface area contributed by atoms with E-state index in [1.165, 1.54) is 6.07 Å². The predicted octanol–water partition coefficient (Wildman–Crippen LogP) is 4.50. The largest absolute Gasteiger partial charge is 0.496 e. The molecule has 0 heterocycles. The Hall–Kier alpha value is -1.58. The third kappa shape index (κ3) is 3.55. The van der Waals surface area contributed by atoms with E-state index >= 15 is 0 Å². The normalized spacial score (nSPS) is 12.2. The zero-order valence-electron chi connectivity index (χ0n) is 12.4. The van der Waals surface area contributed by atoms with Crippen LogP contribution in [-0.4, -0.2) is 13.7 Å². The fourth-order valence-electron chi connectivity index (χ4n) is 2.38. The molecule has 0 saturated carbocycles. The molecule has 0 saturated heterocycles. The lowest BCUT2D eigenvalue weighted by Crippen LogP contribution is -2.23. The fourth-order valence-corrected chi connectivity index (χ4v) is 2.54. The predicted molar refractivity (Wildman–Crippen MR) is 84.7 cm³/mol. The summed E-state index contributed by atoms with van der Waals surface area (Å²) in [6, 6.07) is 10.4. The number of hydrogen-bond acceptors (Lipinski definition) is 2. The molecule has 0 spiro atoms. The minimum Gasteiger partial charge on any atom is -0.496 e. The van der Waals surface area contributed by atoms with Crippen molar-refractivity contribution >= 4 is 11.6 Å². The van der Waals surface area contributed by atoms with E-state index in [0.717, 1.165) is 16.9 Å². The van der Waals surface area contributed by atoms with Gasteiger partial charge in [0.15, 0.2) is 0 Å². The minimum atomic E-state index is -0.323. The van der Waals surface area contributed by atoms with E-state index in [2.05, 4.69) is 5.32 Å². The van der Waals surface area contributed by atoms with Crippen molar-refractivity contribution in [3.63, 3.8) is 0 Å². The second-order valence-corrected chi connectivity index (χ2v) is 5.34. The summed E-state index contributed by atoms with van der Waals surface area (Å²) in [5, 5.41) is 3.70. The molecule has 112 valence electrons. The maximum atomic E-state index is 14.3. The Morgan fingerprint density at radius 1 is 1.19 bits per heavy atom. The Balaban J connectivity index is 2.53. The molecule has 0 aliphatic rings. The van der Waals surface area contributed by atoms with Crippen LogP contribution in [0.5, 0.6) is 5.75 Å². The van der Waals surface area contributed by atoms with Crippen molar-refractivity contribution in [3.05, 3.63) is 63.9 Å². The van der Waals surface area contributed by atoms with E-state index < -0.39 is 0 Å². The zero-order chi connectivity index (χ0) is 15.4. The van der Waals surface area contributed by atoms with E-state index in [4.69, 9.17) is 16.3 Å². The van der Waals surface area contributed by atoms with Crippen LogP contribution >= 0.6 is 11.6 Å². The number of ether oxygens (including phenoxy) is 1. The van der Waals surface area contributed by atoms with Gasteiger partial charge in [0, 0.05) is 16.1 Å². The van der Waals surface area contributed by atoms with Crippen molar-refractivity contribution in [2.24, 2.45) is 0 Å². The second kappa shape index (κ2) is 6.92. The molecule has 0 aromatic heterocycles. The molecule has 2 rings (SSSR count). The molecular weight excluding hydrogens is 289 g/mol. The molecule has 2 nitrogen and oxygen atoms in total. The van der Waals surface area contributed by atoms with Crippen LogP contribution in [0, 0.1) is 12.7 Å². The first-order valence-corrected chi connectivity index (χ1v) is 7.27. The summed E-state index contributed by atoms with van der Waals surface area (Å²) in [6.07, 6.45) is 0. The summed E-state index contributed by atoms with van der Waals surface area (Å²) in [7, 11) is 1.62. The van der Waals surface area contributed by atoms with Crippen LogP contribution in [0.25, 0.3) is 0 Å². The molecular formula is C17H19ClFNO. The summed E-state index contributed by atoms with van der Waals surface area (Å²) in [5.74, 6) is 0.423. The van der Waals surface area contributed by atoms with Gasteiger partial charge in [0.05, 0.1) is 13.2 Å². The molecule has 0 aliphatic heterocycles. The molecule has 0 fully saturated rings. The molecule has 0 aliphatic carbocycles. The Morgan fingerprint density at radius 2 is 1.90 bits per heavy atom. The lowest BCUT2D eigenvalue weighted by atomic mass is 9.96. The van der Waals surface area contributed by atoms with Crippen LogP contribution in [0.1, 0.15) is 29.7 Å². The van der Waals surface area contributed by atoms with E-state index in [-0.39, 0.29) is 11.9 Å². The molecule has 1 unspecified atom stereocenters. The monoisotopic (exact) mass is 307 g/mol. The van der Waals surface area contributed by atoms with Gasteiger partial charge in [-0.1, -0.05) is 36.7 Å². The molecule has 0 amide bonds. The van der Waals surface area contributed by atoms with Gasteiger partial charge < -0.3 is 10.1 Å². The highest BCUT2D eigenvalue weighted by Gasteiger charge is 2.20. The summed E-state index contributed by atoms with van der Waals surface area (Å²) >= 11 is 5.84. The van der Waals surface area contributed by atoms with Gasteiger partial charge >= 0.3 is 0 Å². The number of benzene rings is 2. The summed E-state index contributed by atoms with van der Waals surface area (Å²) in [6.45, 7) is 4.70. The van der Waals surface area contributed by atoms with Gasteiger partial charge in [-0.2, -0.15) is 0 Å². The molecule has 0 bridgehead atoms. The van der Waals surface area contributed by atoms with Gasteiger partial charge in [-0.15, -0.1) is 0 Å². The van der Waals surface area contributed by atoms with Crippen molar-refractivity contribution in [1.82, 2.24) is 5.32 Å². The van der Waals surface area contributed by atoms with Crippen LogP contribution in [0.3, 0.4) is 0 Å². The lowest BCUT2D eigenvalue weighted by molar-refractivity contribution is 0.403. The van der Waals surface area contributed by atoms with Gasteiger partial charge in [0.25, 0.3) is 0 Å². The molecule has 2 aromatic rings. The number of nitrogens with one attached hydrogen (secondary N) is 1. The number of aryl methyl sites for hydroxylation is 1. The molecule has 0 radical (unpaired) electrons. The van der Waals surface area contributed by atoms with E-state index in [0.29, 0.717) is 17.1 Å². The molecule has 1 N–H and O–H groups in total. The summed E-state index contributed by atoms with van der Waals surface area (Å²) < 4.78 is 19.7. The van der Waals surface area contributed by atoms with Crippen molar-refractivity contribution in [2.45, 2.75) is 19.9 Å². The van der Waals surface area contributed by atoms with Crippen molar-refractivity contribution in [1.29, 1.82) is 0 Å². The number of rotatable bonds is 5. The van der Waals surface area contributed by atoms with Crippen LogP contribution < -0.4 is 10.1 Å². The minimum absolute atomic E-state index is 0.275. The Morgan fingerprint density at radius 3 is 2.52 bits per heavy atom. The maximum absolute atomic E-state index is 14.3. The Labute approximate surface area is 129 Å². The fraction of sp³-hybridized carbons (Fsp3) is 0.294. The van der Waals surface area contributed by atoms with E-state index in [1.807, 2.05) is 32.0 Å². The van der Waals surface area contributed by atoms with Crippen LogP contribution in [0.15, 0.2) is 36.4 Å². The first-order valence-electron chi connectivity index (χ1n) is 6.89.